The van der Waals surface area contributed by atoms with Crippen molar-refractivity contribution in [1.82, 2.24) is 10.2 Å². The topological polar surface area (TPSA) is 86.8 Å². The lowest BCUT2D eigenvalue weighted by molar-refractivity contribution is -0.139. The van der Waals surface area contributed by atoms with Gasteiger partial charge >= 0.3 is 0 Å². The fourth-order valence-electron chi connectivity index (χ4n) is 3.04. The van der Waals surface area contributed by atoms with Crippen LogP contribution in [0.25, 0.3) is 0 Å². The highest BCUT2D eigenvalue weighted by Gasteiger charge is 2.30. The van der Waals surface area contributed by atoms with Gasteiger partial charge in [-0.15, -0.1) is 0 Å². The van der Waals surface area contributed by atoms with Crippen molar-refractivity contribution in [2.75, 3.05) is 23.7 Å². The van der Waals surface area contributed by atoms with E-state index in [9.17, 15) is 22.4 Å². The minimum atomic E-state index is -3.78. The highest BCUT2D eigenvalue weighted by Crippen LogP contribution is 2.21. The average molecular weight is 542 g/mol. The summed E-state index contributed by atoms with van der Waals surface area (Å²) in [6, 6.07) is 11.2. The molecule has 0 aliphatic carbocycles. The molecule has 2 aromatic rings. The number of benzene rings is 2. The molecule has 0 aliphatic heterocycles. The number of carbonyl (C=O) groups is 2. The van der Waals surface area contributed by atoms with E-state index in [0.29, 0.717) is 17.8 Å². The Hall–Kier alpha value is -2.46. The van der Waals surface area contributed by atoms with Crippen molar-refractivity contribution in [2.24, 2.45) is 5.92 Å². The lowest BCUT2D eigenvalue weighted by Crippen LogP contribution is -2.51. The number of sulfonamides is 1. The van der Waals surface area contributed by atoms with Gasteiger partial charge in [-0.2, -0.15) is 0 Å². The molecular formula is C23H29BrFN3O4S. The number of hydrogen-bond acceptors (Lipinski definition) is 4. The van der Waals surface area contributed by atoms with Crippen LogP contribution in [0.15, 0.2) is 53.0 Å². The van der Waals surface area contributed by atoms with Gasteiger partial charge in [-0.25, -0.2) is 12.8 Å². The molecule has 1 unspecified atom stereocenters. The van der Waals surface area contributed by atoms with E-state index in [0.717, 1.165) is 15.0 Å². The van der Waals surface area contributed by atoms with Crippen LogP contribution in [0, 0.1) is 11.7 Å². The summed E-state index contributed by atoms with van der Waals surface area (Å²) in [4.78, 5) is 27.4. The summed E-state index contributed by atoms with van der Waals surface area (Å²) in [5.41, 5.74) is 0.940. The van der Waals surface area contributed by atoms with Gasteiger partial charge in [0.25, 0.3) is 0 Å². The third-order valence-electron chi connectivity index (χ3n) is 4.91. The van der Waals surface area contributed by atoms with E-state index in [1.807, 2.05) is 13.8 Å². The first kappa shape index (κ1) is 26.8. The predicted molar refractivity (Wildman–Crippen MR) is 131 cm³/mol. The standard InChI is InChI=1S/C23H29BrFN3O4S/c1-16(2)13-26-23(30)17(3)27(14-18-5-9-20(25)10-6-18)22(29)15-28(33(4,31)32)21-11-7-19(24)8-12-21/h5-12,16-17H,13-15H2,1-4H3,(H,26,30). The molecule has 7 nitrogen and oxygen atoms in total. The lowest BCUT2D eigenvalue weighted by Gasteiger charge is -2.31. The van der Waals surface area contributed by atoms with Crippen LogP contribution < -0.4 is 9.62 Å². The molecule has 0 radical (unpaired) electrons. The van der Waals surface area contributed by atoms with Crippen LogP contribution in [0.2, 0.25) is 0 Å². The average Bonchev–Trinajstić information content (AvgIpc) is 2.74. The second kappa shape index (κ2) is 11.6. The van der Waals surface area contributed by atoms with Crippen LogP contribution in [0.1, 0.15) is 26.3 Å². The zero-order chi connectivity index (χ0) is 24.8. The van der Waals surface area contributed by atoms with Crippen LogP contribution in [-0.2, 0) is 26.2 Å². The number of amides is 2. The van der Waals surface area contributed by atoms with E-state index >= 15 is 0 Å². The molecule has 33 heavy (non-hydrogen) atoms. The van der Waals surface area contributed by atoms with E-state index in [2.05, 4.69) is 21.2 Å². The van der Waals surface area contributed by atoms with Gasteiger partial charge < -0.3 is 10.2 Å². The summed E-state index contributed by atoms with van der Waals surface area (Å²) < 4.78 is 40.1. The van der Waals surface area contributed by atoms with E-state index in [4.69, 9.17) is 0 Å². The van der Waals surface area contributed by atoms with Crippen molar-refractivity contribution in [3.8, 4) is 0 Å². The third-order valence-corrected chi connectivity index (χ3v) is 6.58. The summed E-state index contributed by atoms with van der Waals surface area (Å²) >= 11 is 3.31. The molecule has 180 valence electrons. The Bertz CT molecular complexity index is 1060. The van der Waals surface area contributed by atoms with Crippen molar-refractivity contribution in [3.63, 3.8) is 0 Å². The van der Waals surface area contributed by atoms with Gasteiger partial charge in [-0.1, -0.05) is 41.9 Å². The number of carbonyl (C=O) groups excluding carboxylic acids is 2. The molecule has 2 rings (SSSR count). The number of nitrogens with zero attached hydrogens (tertiary/aromatic N) is 2. The zero-order valence-corrected chi connectivity index (χ0v) is 21.5. The summed E-state index contributed by atoms with van der Waals surface area (Å²) in [6.45, 7) is 5.47. The van der Waals surface area contributed by atoms with E-state index in [1.54, 1.807) is 31.2 Å². The molecule has 0 aliphatic rings. The van der Waals surface area contributed by atoms with Crippen LogP contribution >= 0.6 is 15.9 Å². The number of nitrogens with one attached hydrogen (secondary N) is 1. The molecule has 0 heterocycles. The van der Waals surface area contributed by atoms with Gasteiger partial charge in [0.05, 0.1) is 11.9 Å². The first-order chi connectivity index (χ1) is 15.4. The molecule has 1 atom stereocenters. The first-order valence-corrected chi connectivity index (χ1v) is 13.1. The molecule has 2 aromatic carbocycles. The van der Waals surface area contributed by atoms with Gasteiger partial charge in [-0.05, 0) is 54.8 Å². The number of anilines is 1. The summed E-state index contributed by atoms with van der Waals surface area (Å²) in [5.74, 6) is -1.10. The third kappa shape index (κ3) is 8.12. The number of rotatable bonds is 10. The van der Waals surface area contributed by atoms with Crippen molar-refractivity contribution in [1.29, 1.82) is 0 Å². The predicted octanol–water partition coefficient (Wildman–Crippen LogP) is 3.54. The van der Waals surface area contributed by atoms with E-state index in [1.165, 1.54) is 29.2 Å². The van der Waals surface area contributed by atoms with Crippen LogP contribution in [0.4, 0.5) is 10.1 Å². The Morgan fingerprint density at radius 2 is 1.61 bits per heavy atom. The van der Waals surface area contributed by atoms with Crippen molar-refractivity contribution < 1.29 is 22.4 Å². The Morgan fingerprint density at radius 3 is 2.12 bits per heavy atom. The molecule has 1 N–H and O–H groups in total. The smallest absolute Gasteiger partial charge is 0.244 e. The summed E-state index contributed by atoms with van der Waals surface area (Å²) in [7, 11) is -3.78. The molecule has 2 amide bonds. The van der Waals surface area contributed by atoms with Gasteiger partial charge in [0.1, 0.15) is 18.4 Å². The summed E-state index contributed by atoms with van der Waals surface area (Å²) in [5, 5.41) is 2.80. The van der Waals surface area contributed by atoms with Crippen molar-refractivity contribution in [2.45, 2.75) is 33.4 Å². The summed E-state index contributed by atoms with van der Waals surface area (Å²) in [6.07, 6.45) is 1.02. The Kier molecular flexibility index (Phi) is 9.42. The number of hydrogen-bond donors (Lipinski definition) is 1. The van der Waals surface area contributed by atoms with Crippen LogP contribution in [0.5, 0.6) is 0 Å². The lowest BCUT2D eigenvalue weighted by atomic mass is 10.1. The highest BCUT2D eigenvalue weighted by molar-refractivity contribution is 9.10. The quantitative estimate of drug-likeness (QED) is 0.498. The first-order valence-electron chi connectivity index (χ1n) is 10.4. The maximum atomic E-state index is 13.4. The molecule has 0 saturated carbocycles. The second-order valence-electron chi connectivity index (χ2n) is 8.21. The zero-order valence-electron chi connectivity index (χ0n) is 19.1. The number of halogens is 2. The normalized spacial score (nSPS) is 12.3. The van der Waals surface area contributed by atoms with Gasteiger partial charge in [-0.3, -0.25) is 13.9 Å². The maximum Gasteiger partial charge on any atom is 0.244 e. The van der Waals surface area contributed by atoms with Crippen LogP contribution in [0.3, 0.4) is 0 Å². The molecule has 0 saturated heterocycles. The maximum absolute atomic E-state index is 13.4. The minimum Gasteiger partial charge on any atom is -0.354 e. The Balaban J connectivity index is 2.34. The van der Waals surface area contributed by atoms with E-state index in [-0.39, 0.29) is 18.4 Å². The van der Waals surface area contributed by atoms with Crippen molar-refractivity contribution in [3.05, 3.63) is 64.4 Å². The molecule has 10 heteroatoms. The van der Waals surface area contributed by atoms with Crippen molar-refractivity contribution >= 4 is 43.5 Å². The van der Waals surface area contributed by atoms with E-state index < -0.39 is 34.3 Å². The molecular weight excluding hydrogens is 513 g/mol. The Labute approximate surface area is 203 Å². The molecule has 0 fully saturated rings. The fourth-order valence-corrected chi connectivity index (χ4v) is 4.16. The van der Waals surface area contributed by atoms with Gasteiger partial charge in [0.15, 0.2) is 0 Å². The molecule has 0 aromatic heterocycles. The van der Waals surface area contributed by atoms with Gasteiger partial charge in [0, 0.05) is 17.6 Å². The highest BCUT2D eigenvalue weighted by atomic mass is 79.9. The fraction of sp³-hybridized carbons (Fsp3) is 0.391. The largest absolute Gasteiger partial charge is 0.354 e. The minimum absolute atomic E-state index is 0.0211. The molecule has 0 spiro atoms. The Morgan fingerprint density at radius 1 is 1.03 bits per heavy atom. The monoisotopic (exact) mass is 541 g/mol. The SMILES string of the molecule is CC(C)CNC(=O)C(C)N(Cc1ccc(F)cc1)C(=O)CN(c1ccc(Br)cc1)S(C)(=O)=O. The second-order valence-corrected chi connectivity index (χ2v) is 11.0. The van der Waals surface area contributed by atoms with Gasteiger partial charge in [0.2, 0.25) is 21.8 Å². The molecule has 0 bridgehead atoms. The van der Waals surface area contributed by atoms with Crippen LogP contribution in [-0.4, -0.2) is 50.5 Å².